The van der Waals surface area contributed by atoms with Crippen LogP contribution in [-0.4, -0.2) is 17.7 Å². The lowest BCUT2D eigenvalue weighted by Gasteiger charge is -2.07. The summed E-state index contributed by atoms with van der Waals surface area (Å²) in [6.45, 7) is 2.29. The van der Waals surface area contributed by atoms with Crippen molar-refractivity contribution in [2.75, 3.05) is 11.9 Å². The Morgan fingerprint density at radius 3 is 2.75 bits per heavy atom. The van der Waals surface area contributed by atoms with Crippen molar-refractivity contribution in [1.82, 2.24) is 10.5 Å². The molecule has 0 aliphatic carbocycles. The minimum atomic E-state index is -0.320. The van der Waals surface area contributed by atoms with Gasteiger partial charge in [-0.15, -0.1) is 0 Å². The lowest BCUT2D eigenvalue weighted by atomic mass is 10.3. The third-order valence-electron chi connectivity index (χ3n) is 2.51. The van der Waals surface area contributed by atoms with Gasteiger partial charge in [0.1, 0.15) is 5.76 Å². The number of carbonyl (C=O) groups excluding carboxylic acids is 1. The van der Waals surface area contributed by atoms with Crippen LogP contribution in [0.4, 0.5) is 10.5 Å². The van der Waals surface area contributed by atoms with E-state index in [0.29, 0.717) is 28.7 Å². The predicted molar refractivity (Wildman–Crippen MR) is 78.4 cm³/mol. The minimum Gasteiger partial charge on any atom is -0.361 e. The van der Waals surface area contributed by atoms with E-state index in [1.54, 1.807) is 18.2 Å². The van der Waals surface area contributed by atoms with E-state index in [4.69, 9.17) is 27.7 Å². The minimum absolute atomic E-state index is 0.320. The van der Waals surface area contributed by atoms with E-state index in [1.807, 2.05) is 13.0 Å². The van der Waals surface area contributed by atoms with Crippen LogP contribution >= 0.6 is 23.2 Å². The van der Waals surface area contributed by atoms with Crippen molar-refractivity contribution in [3.8, 4) is 0 Å². The van der Waals surface area contributed by atoms with Gasteiger partial charge in [0.05, 0.1) is 15.7 Å². The van der Waals surface area contributed by atoms with Crippen LogP contribution in [-0.2, 0) is 6.42 Å². The normalized spacial score (nSPS) is 10.3. The van der Waals surface area contributed by atoms with Crippen molar-refractivity contribution in [3.05, 3.63) is 45.8 Å². The molecule has 2 aromatic rings. The highest BCUT2D eigenvalue weighted by Crippen LogP contribution is 2.24. The van der Waals surface area contributed by atoms with E-state index < -0.39 is 0 Å². The molecule has 1 heterocycles. The zero-order chi connectivity index (χ0) is 14.5. The van der Waals surface area contributed by atoms with Gasteiger partial charge in [0, 0.05) is 24.7 Å². The first-order chi connectivity index (χ1) is 9.54. The van der Waals surface area contributed by atoms with Gasteiger partial charge in [0.25, 0.3) is 0 Å². The Balaban J connectivity index is 1.79. The topological polar surface area (TPSA) is 67.2 Å². The second-order valence-corrected chi connectivity index (χ2v) is 5.01. The molecule has 0 saturated carbocycles. The summed E-state index contributed by atoms with van der Waals surface area (Å²) in [5.41, 5.74) is 1.40. The summed E-state index contributed by atoms with van der Waals surface area (Å²) in [7, 11) is 0. The third-order valence-corrected chi connectivity index (χ3v) is 3.25. The molecular weight excluding hydrogens is 301 g/mol. The molecule has 0 atom stereocenters. The molecule has 0 radical (unpaired) electrons. The van der Waals surface area contributed by atoms with Crippen LogP contribution in [0.1, 0.15) is 11.5 Å². The Morgan fingerprint density at radius 2 is 2.10 bits per heavy atom. The maximum atomic E-state index is 11.7. The summed E-state index contributed by atoms with van der Waals surface area (Å²) >= 11 is 11.7. The largest absolute Gasteiger partial charge is 0.361 e. The van der Waals surface area contributed by atoms with Gasteiger partial charge in [0.2, 0.25) is 0 Å². The highest BCUT2D eigenvalue weighted by molar-refractivity contribution is 6.42. The Kier molecular flexibility index (Phi) is 4.87. The molecular formula is C13H13Cl2N3O2. The number of hydrogen-bond donors (Lipinski definition) is 2. The SMILES string of the molecule is Cc1cc(CCNC(=O)Nc2ccc(Cl)c(Cl)c2)on1. The molecule has 1 aromatic carbocycles. The third kappa shape index (κ3) is 4.15. The molecule has 0 aliphatic rings. The average molecular weight is 314 g/mol. The summed E-state index contributed by atoms with van der Waals surface area (Å²) in [6.07, 6.45) is 0.579. The fraction of sp³-hybridized carbons (Fsp3) is 0.231. The van der Waals surface area contributed by atoms with Crippen LogP contribution in [0.5, 0.6) is 0 Å². The number of aromatic nitrogens is 1. The van der Waals surface area contributed by atoms with Crippen LogP contribution < -0.4 is 10.6 Å². The van der Waals surface area contributed by atoms with E-state index in [1.165, 1.54) is 0 Å². The molecule has 2 N–H and O–H groups in total. The molecule has 0 saturated heterocycles. The number of nitrogens with one attached hydrogen (secondary N) is 2. The van der Waals surface area contributed by atoms with Gasteiger partial charge < -0.3 is 15.2 Å². The van der Waals surface area contributed by atoms with Gasteiger partial charge in [-0.05, 0) is 25.1 Å². The standard InChI is InChI=1S/C13H13Cl2N3O2/c1-8-6-10(20-18-8)4-5-16-13(19)17-9-2-3-11(14)12(15)7-9/h2-3,6-7H,4-5H2,1H3,(H2,16,17,19). The molecule has 0 unspecified atom stereocenters. The van der Waals surface area contributed by atoms with Gasteiger partial charge >= 0.3 is 6.03 Å². The smallest absolute Gasteiger partial charge is 0.319 e. The Hall–Kier alpha value is -1.72. The second kappa shape index (κ2) is 6.63. The van der Waals surface area contributed by atoms with Crippen LogP contribution in [0.3, 0.4) is 0 Å². The maximum Gasteiger partial charge on any atom is 0.319 e. The molecule has 0 spiro atoms. The fourth-order valence-corrected chi connectivity index (χ4v) is 1.88. The first-order valence-electron chi connectivity index (χ1n) is 5.96. The number of anilines is 1. The van der Waals surface area contributed by atoms with E-state index in [9.17, 15) is 4.79 Å². The molecule has 2 amide bonds. The van der Waals surface area contributed by atoms with E-state index in [-0.39, 0.29) is 6.03 Å². The Labute approximate surface area is 126 Å². The van der Waals surface area contributed by atoms with Gasteiger partial charge in [-0.25, -0.2) is 4.79 Å². The van der Waals surface area contributed by atoms with Crippen LogP contribution in [0, 0.1) is 6.92 Å². The first-order valence-corrected chi connectivity index (χ1v) is 6.72. The Morgan fingerprint density at radius 1 is 1.30 bits per heavy atom. The summed E-state index contributed by atoms with van der Waals surface area (Å²) in [5.74, 6) is 0.734. The van der Waals surface area contributed by atoms with Crippen molar-refractivity contribution >= 4 is 34.9 Å². The average Bonchev–Trinajstić information content (AvgIpc) is 2.80. The molecule has 0 aliphatic heterocycles. The monoisotopic (exact) mass is 313 g/mol. The molecule has 2 rings (SSSR count). The molecule has 106 valence electrons. The number of nitrogens with zero attached hydrogens (tertiary/aromatic N) is 1. The summed E-state index contributed by atoms with van der Waals surface area (Å²) in [6, 6.07) is 6.39. The van der Waals surface area contributed by atoms with Gasteiger partial charge in [-0.3, -0.25) is 0 Å². The molecule has 0 bridgehead atoms. The second-order valence-electron chi connectivity index (χ2n) is 4.19. The number of rotatable bonds is 4. The number of halogens is 2. The number of urea groups is 1. The zero-order valence-corrected chi connectivity index (χ0v) is 12.3. The van der Waals surface area contributed by atoms with E-state index in [0.717, 1.165) is 11.5 Å². The summed E-state index contributed by atoms with van der Waals surface area (Å²) < 4.78 is 5.04. The van der Waals surface area contributed by atoms with Crippen LogP contribution in [0.15, 0.2) is 28.8 Å². The fourth-order valence-electron chi connectivity index (χ4n) is 1.58. The quantitative estimate of drug-likeness (QED) is 0.905. The highest BCUT2D eigenvalue weighted by atomic mass is 35.5. The molecule has 20 heavy (non-hydrogen) atoms. The van der Waals surface area contributed by atoms with Gasteiger partial charge in [-0.2, -0.15) is 0 Å². The Bertz CT molecular complexity index is 613. The van der Waals surface area contributed by atoms with Crippen molar-refractivity contribution in [3.63, 3.8) is 0 Å². The molecule has 7 heteroatoms. The van der Waals surface area contributed by atoms with Crippen molar-refractivity contribution in [2.45, 2.75) is 13.3 Å². The van der Waals surface area contributed by atoms with Crippen LogP contribution in [0.25, 0.3) is 0 Å². The van der Waals surface area contributed by atoms with Crippen molar-refractivity contribution in [1.29, 1.82) is 0 Å². The summed E-state index contributed by atoms with van der Waals surface area (Å²) in [5, 5.41) is 9.97. The van der Waals surface area contributed by atoms with E-state index >= 15 is 0 Å². The number of hydrogen-bond acceptors (Lipinski definition) is 3. The van der Waals surface area contributed by atoms with Gasteiger partial charge in [-0.1, -0.05) is 28.4 Å². The molecule has 1 aromatic heterocycles. The van der Waals surface area contributed by atoms with Gasteiger partial charge in [0.15, 0.2) is 0 Å². The van der Waals surface area contributed by atoms with E-state index in [2.05, 4.69) is 15.8 Å². The number of amides is 2. The number of benzene rings is 1. The number of aryl methyl sites for hydroxylation is 1. The number of carbonyl (C=O) groups is 1. The lowest BCUT2D eigenvalue weighted by Crippen LogP contribution is -2.30. The molecule has 5 nitrogen and oxygen atoms in total. The first kappa shape index (κ1) is 14.7. The molecule has 0 fully saturated rings. The van der Waals surface area contributed by atoms with Crippen molar-refractivity contribution in [2.24, 2.45) is 0 Å². The zero-order valence-electron chi connectivity index (χ0n) is 10.7. The lowest BCUT2D eigenvalue weighted by molar-refractivity contribution is 0.252. The van der Waals surface area contributed by atoms with Crippen LogP contribution in [0.2, 0.25) is 10.0 Å². The maximum absolute atomic E-state index is 11.7. The summed E-state index contributed by atoms with van der Waals surface area (Å²) in [4.78, 5) is 11.7. The van der Waals surface area contributed by atoms with Crippen molar-refractivity contribution < 1.29 is 9.32 Å². The predicted octanol–water partition coefficient (Wildman–Crippen LogP) is 3.65. The highest BCUT2D eigenvalue weighted by Gasteiger charge is 2.05.